The van der Waals surface area contributed by atoms with Crippen LogP contribution in [0, 0.1) is 0 Å². The Bertz CT molecular complexity index is 593. The molecule has 0 aliphatic carbocycles. The number of carbonyl (C=O) groups is 2. The molecule has 0 atom stereocenters. The number of amides is 2. The molecule has 1 aliphatic rings. The SMILES string of the molecule is NC(=O)c1nccnc1C(=O)N1CCCN(CC(F)(F)F)CC1. The fourth-order valence-electron chi connectivity index (χ4n) is 2.41. The molecule has 126 valence electrons. The first-order valence-corrected chi connectivity index (χ1v) is 6.97. The Morgan fingerprint density at radius 3 is 2.35 bits per heavy atom. The highest BCUT2D eigenvalue weighted by molar-refractivity contribution is 6.03. The van der Waals surface area contributed by atoms with Gasteiger partial charge in [0.05, 0.1) is 6.54 Å². The summed E-state index contributed by atoms with van der Waals surface area (Å²) in [4.78, 5) is 33.9. The smallest absolute Gasteiger partial charge is 0.364 e. The first-order chi connectivity index (χ1) is 10.8. The lowest BCUT2D eigenvalue weighted by Crippen LogP contribution is -2.39. The van der Waals surface area contributed by atoms with E-state index in [1.165, 1.54) is 22.2 Å². The molecule has 2 rings (SSSR count). The Labute approximate surface area is 130 Å². The van der Waals surface area contributed by atoms with Gasteiger partial charge in [-0.2, -0.15) is 13.2 Å². The average molecular weight is 331 g/mol. The van der Waals surface area contributed by atoms with E-state index in [0.717, 1.165) is 0 Å². The molecule has 2 amide bonds. The Hall–Kier alpha value is -2.23. The second-order valence-electron chi connectivity index (χ2n) is 5.15. The Balaban J connectivity index is 2.08. The summed E-state index contributed by atoms with van der Waals surface area (Å²) in [6.07, 6.45) is -1.38. The van der Waals surface area contributed by atoms with Crippen molar-refractivity contribution in [1.29, 1.82) is 0 Å². The van der Waals surface area contributed by atoms with Crippen LogP contribution in [0.1, 0.15) is 27.4 Å². The van der Waals surface area contributed by atoms with Crippen LogP contribution in [0.3, 0.4) is 0 Å². The minimum absolute atomic E-state index is 0.0947. The van der Waals surface area contributed by atoms with Crippen molar-refractivity contribution in [1.82, 2.24) is 19.8 Å². The molecule has 7 nitrogen and oxygen atoms in total. The van der Waals surface area contributed by atoms with Crippen LogP contribution < -0.4 is 5.73 Å². The maximum Gasteiger partial charge on any atom is 0.401 e. The number of carbonyl (C=O) groups excluding carboxylic acids is 2. The molecule has 0 bridgehead atoms. The van der Waals surface area contributed by atoms with Crippen LogP contribution in [0.25, 0.3) is 0 Å². The summed E-state index contributed by atoms with van der Waals surface area (Å²) in [5.41, 5.74) is 4.74. The summed E-state index contributed by atoms with van der Waals surface area (Å²) >= 11 is 0. The Morgan fingerprint density at radius 2 is 1.74 bits per heavy atom. The molecule has 0 saturated carbocycles. The number of hydrogen-bond acceptors (Lipinski definition) is 5. The lowest BCUT2D eigenvalue weighted by Gasteiger charge is -2.22. The zero-order valence-electron chi connectivity index (χ0n) is 12.2. The Morgan fingerprint density at radius 1 is 1.09 bits per heavy atom. The van der Waals surface area contributed by atoms with Crippen molar-refractivity contribution in [3.63, 3.8) is 0 Å². The summed E-state index contributed by atoms with van der Waals surface area (Å²) in [5.74, 6) is -1.43. The van der Waals surface area contributed by atoms with Crippen LogP contribution in [0.15, 0.2) is 12.4 Å². The van der Waals surface area contributed by atoms with E-state index in [9.17, 15) is 22.8 Å². The van der Waals surface area contributed by atoms with Crippen molar-refractivity contribution in [2.24, 2.45) is 5.73 Å². The molecule has 0 unspecified atom stereocenters. The van der Waals surface area contributed by atoms with Gasteiger partial charge in [-0.15, -0.1) is 0 Å². The highest BCUT2D eigenvalue weighted by Gasteiger charge is 2.32. The minimum atomic E-state index is -4.27. The normalized spacial score (nSPS) is 16.9. The summed E-state index contributed by atoms with van der Waals surface area (Å²) in [7, 11) is 0. The number of aromatic nitrogens is 2. The van der Waals surface area contributed by atoms with Gasteiger partial charge in [0.15, 0.2) is 11.4 Å². The summed E-state index contributed by atoms with van der Waals surface area (Å²) < 4.78 is 37.3. The molecule has 2 heterocycles. The van der Waals surface area contributed by atoms with Gasteiger partial charge in [0.2, 0.25) is 0 Å². The number of rotatable bonds is 3. The van der Waals surface area contributed by atoms with E-state index in [2.05, 4.69) is 9.97 Å². The highest BCUT2D eigenvalue weighted by Crippen LogP contribution is 2.18. The van der Waals surface area contributed by atoms with E-state index in [1.54, 1.807) is 0 Å². The number of alkyl halides is 3. The van der Waals surface area contributed by atoms with Crippen molar-refractivity contribution in [2.45, 2.75) is 12.6 Å². The molecule has 0 spiro atoms. The molecule has 10 heteroatoms. The van der Waals surface area contributed by atoms with Crippen LogP contribution in [0.5, 0.6) is 0 Å². The lowest BCUT2D eigenvalue weighted by atomic mass is 10.2. The zero-order valence-corrected chi connectivity index (χ0v) is 12.2. The summed E-state index contributed by atoms with van der Waals surface area (Å²) in [6, 6.07) is 0. The van der Waals surface area contributed by atoms with Gasteiger partial charge in [0.25, 0.3) is 11.8 Å². The van der Waals surface area contributed by atoms with E-state index in [0.29, 0.717) is 6.42 Å². The van der Waals surface area contributed by atoms with E-state index in [-0.39, 0.29) is 37.6 Å². The van der Waals surface area contributed by atoms with Gasteiger partial charge >= 0.3 is 6.18 Å². The van der Waals surface area contributed by atoms with Crippen LogP contribution in [-0.2, 0) is 0 Å². The molecular formula is C13H16F3N5O2. The first kappa shape index (κ1) is 17.1. The van der Waals surface area contributed by atoms with Crippen molar-refractivity contribution >= 4 is 11.8 Å². The third-order valence-electron chi connectivity index (χ3n) is 3.41. The van der Waals surface area contributed by atoms with Crippen LogP contribution in [0.2, 0.25) is 0 Å². The monoisotopic (exact) mass is 331 g/mol. The second-order valence-corrected chi connectivity index (χ2v) is 5.15. The molecule has 1 aromatic rings. The van der Waals surface area contributed by atoms with Gasteiger partial charge in [0.1, 0.15) is 0 Å². The predicted octanol–water partition coefficient (Wildman–Crippen LogP) is 0.286. The molecule has 23 heavy (non-hydrogen) atoms. The fourth-order valence-corrected chi connectivity index (χ4v) is 2.41. The molecular weight excluding hydrogens is 315 g/mol. The molecule has 1 saturated heterocycles. The molecule has 0 radical (unpaired) electrons. The number of primary amides is 1. The van der Waals surface area contributed by atoms with Crippen molar-refractivity contribution in [3.8, 4) is 0 Å². The number of halogens is 3. The highest BCUT2D eigenvalue weighted by atomic mass is 19.4. The van der Waals surface area contributed by atoms with Crippen LogP contribution >= 0.6 is 0 Å². The maximum atomic E-state index is 12.4. The maximum absolute atomic E-state index is 12.4. The van der Waals surface area contributed by atoms with Crippen molar-refractivity contribution < 1.29 is 22.8 Å². The van der Waals surface area contributed by atoms with Crippen LogP contribution in [-0.4, -0.2) is 70.5 Å². The summed E-state index contributed by atoms with van der Waals surface area (Å²) in [6.45, 7) is -0.276. The molecule has 0 aromatic carbocycles. The standard InChI is InChI=1S/C13H16F3N5O2/c14-13(15,16)8-20-4-1-5-21(7-6-20)12(23)10-9(11(17)22)18-2-3-19-10/h2-3H,1,4-8H2,(H2,17,22). The average Bonchev–Trinajstić information content (AvgIpc) is 2.70. The molecule has 1 aromatic heterocycles. The predicted molar refractivity (Wildman–Crippen MR) is 73.6 cm³/mol. The van der Waals surface area contributed by atoms with Gasteiger partial charge in [-0.1, -0.05) is 0 Å². The van der Waals surface area contributed by atoms with Crippen molar-refractivity contribution in [3.05, 3.63) is 23.8 Å². The molecule has 1 aliphatic heterocycles. The van der Waals surface area contributed by atoms with E-state index >= 15 is 0 Å². The minimum Gasteiger partial charge on any atom is -0.364 e. The van der Waals surface area contributed by atoms with Gasteiger partial charge in [-0.25, -0.2) is 9.97 Å². The van der Waals surface area contributed by atoms with Crippen LogP contribution in [0.4, 0.5) is 13.2 Å². The third kappa shape index (κ3) is 4.62. The number of nitrogens with two attached hydrogens (primary N) is 1. The quantitative estimate of drug-likeness (QED) is 0.859. The van der Waals surface area contributed by atoms with E-state index < -0.39 is 24.5 Å². The van der Waals surface area contributed by atoms with Crippen molar-refractivity contribution in [2.75, 3.05) is 32.7 Å². The van der Waals surface area contributed by atoms with Gasteiger partial charge in [-0.3, -0.25) is 14.5 Å². The van der Waals surface area contributed by atoms with Gasteiger partial charge in [-0.05, 0) is 6.42 Å². The van der Waals surface area contributed by atoms with Gasteiger partial charge in [0, 0.05) is 38.6 Å². The number of nitrogens with zero attached hydrogens (tertiary/aromatic N) is 4. The summed E-state index contributed by atoms with van der Waals surface area (Å²) in [5, 5.41) is 0. The third-order valence-corrected chi connectivity index (χ3v) is 3.41. The van der Waals surface area contributed by atoms with E-state index in [1.807, 2.05) is 0 Å². The lowest BCUT2D eigenvalue weighted by molar-refractivity contribution is -0.145. The fraction of sp³-hybridized carbons (Fsp3) is 0.538. The molecule has 2 N–H and O–H groups in total. The molecule has 1 fully saturated rings. The van der Waals surface area contributed by atoms with Gasteiger partial charge < -0.3 is 10.6 Å². The zero-order chi connectivity index (χ0) is 17.0. The van der Waals surface area contributed by atoms with E-state index in [4.69, 9.17) is 5.73 Å². The second kappa shape index (κ2) is 6.90. The topological polar surface area (TPSA) is 92.4 Å². The number of hydrogen-bond donors (Lipinski definition) is 1. The largest absolute Gasteiger partial charge is 0.401 e. The first-order valence-electron chi connectivity index (χ1n) is 6.97. The Kier molecular flexibility index (Phi) is 5.14.